The summed E-state index contributed by atoms with van der Waals surface area (Å²) in [6, 6.07) is 16.2. The summed E-state index contributed by atoms with van der Waals surface area (Å²) in [5.74, 6) is -1.36. The zero-order chi connectivity index (χ0) is 28.7. The van der Waals surface area contributed by atoms with E-state index in [-0.39, 0.29) is 18.9 Å². The molecule has 0 radical (unpaired) electrons. The highest BCUT2D eigenvalue weighted by Crippen LogP contribution is 2.28. The van der Waals surface area contributed by atoms with Crippen LogP contribution >= 0.6 is 0 Å². The minimum absolute atomic E-state index is 0.0797. The maximum absolute atomic E-state index is 13.7. The number of rotatable bonds is 11. The van der Waals surface area contributed by atoms with Gasteiger partial charge in [-0.05, 0) is 47.7 Å². The summed E-state index contributed by atoms with van der Waals surface area (Å²) in [6.07, 6.45) is 1.94. The van der Waals surface area contributed by atoms with Crippen LogP contribution in [0, 0.1) is 0 Å². The van der Waals surface area contributed by atoms with E-state index in [1.54, 1.807) is 23.1 Å². The standard InChI is InChI=1S/C29H33N3O7S/c1-2-39-25-14-13-22-7-3-4-8-23(22)27(25)29(35)31-24(28(34)30-18-26(33)32-15-5-6-16-32)17-20-9-11-21(12-10-20)19-40(36,37)38/h3-4,7-14,24H,2,5-6,15-19H2,1H3,(H,30,34)(H,31,35)(H,36,37,38). The van der Waals surface area contributed by atoms with Gasteiger partial charge in [-0.1, -0.05) is 54.6 Å². The number of carbonyl (C=O) groups is 3. The fraction of sp³-hybridized carbons (Fsp3) is 0.345. The molecule has 1 heterocycles. The molecule has 0 saturated carbocycles. The van der Waals surface area contributed by atoms with Crippen LogP contribution in [0.4, 0.5) is 0 Å². The molecule has 1 atom stereocenters. The van der Waals surface area contributed by atoms with Crippen molar-refractivity contribution < 1.29 is 32.1 Å². The molecule has 0 aromatic heterocycles. The molecule has 3 N–H and O–H groups in total. The van der Waals surface area contributed by atoms with Crippen molar-refractivity contribution >= 4 is 38.6 Å². The third-order valence-electron chi connectivity index (χ3n) is 6.72. The summed E-state index contributed by atoms with van der Waals surface area (Å²) in [5.41, 5.74) is 1.33. The Kier molecular flexibility index (Phi) is 9.38. The van der Waals surface area contributed by atoms with E-state index in [1.165, 1.54) is 12.1 Å². The van der Waals surface area contributed by atoms with Crippen LogP contribution in [0.5, 0.6) is 5.75 Å². The quantitative estimate of drug-likeness (QED) is 0.303. The predicted molar refractivity (Wildman–Crippen MR) is 151 cm³/mol. The van der Waals surface area contributed by atoms with E-state index in [1.807, 2.05) is 37.3 Å². The molecule has 1 aliphatic rings. The number of hydrogen-bond acceptors (Lipinski definition) is 6. The molecule has 1 aliphatic heterocycles. The Morgan fingerprint density at radius 1 is 0.975 bits per heavy atom. The molecule has 4 rings (SSSR count). The van der Waals surface area contributed by atoms with E-state index in [2.05, 4.69) is 10.6 Å². The van der Waals surface area contributed by atoms with Crippen molar-refractivity contribution in [3.8, 4) is 5.75 Å². The second-order valence-corrected chi connectivity index (χ2v) is 11.1. The lowest BCUT2D eigenvalue weighted by Crippen LogP contribution is -2.50. The first-order chi connectivity index (χ1) is 19.1. The molecule has 3 aromatic carbocycles. The fourth-order valence-electron chi connectivity index (χ4n) is 4.78. The minimum Gasteiger partial charge on any atom is -0.493 e. The Hall–Kier alpha value is -3.96. The molecule has 11 heteroatoms. The minimum atomic E-state index is -4.19. The normalized spacial score (nSPS) is 14.1. The summed E-state index contributed by atoms with van der Waals surface area (Å²) in [4.78, 5) is 41.2. The van der Waals surface area contributed by atoms with Crippen LogP contribution in [0.25, 0.3) is 10.8 Å². The van der Waals surface area contributed by atoms with Gasteiger partial charge in [0.1, 0.15) is 17.5 Å². The molecule has 1 unspecified atom stereocenters. The van der Waals surface area contributed by atoms with E-state index in [9.17, 15) is 22.8 Å². The van der Waals surface area contributed by atoms with Crippen molar-refractivity contribution in [2.75, 3.05) is 26.2 Å². The van der Waals surface area contributed by atoms with Gasteiger partial charge in [-0.2, -0.15) is 8.42 Å². The van der Waals surface area contributed by atoms with Crippen LogP contribution in [0.15, 0.2) is 60.7 Å². The molecule has 3 aromatic rings. The molecule has 1 saturated heterocycles. The van der Waals surface area contributed by atoms with Crippen LogP contribution in [0.3, 0.4) is 0 Å². The van der Waals surface area contributed by atoms with Gasteiger partial charge < -0.3 is 20.3 Å². The van der Waals surface area contributed by atoms with Crippen molar-refractivity contribution in [3.05, 3.63) is 77.4 Å². The molecule has 10 nitrogen and oxygen atoms in total. The monoisotopic (exact) mass is 567 g/mol. The summed E-state index contributed by atoms with van der Waals surface area (Å²) >= 11 is 0. The topological polar surface area (TPSA) is 142 Å². The largest absolute Gasteiger partial charge is 0.493 e. The number of fused-ring (bicyclic) bond motifs is 1. The first-order valence-corrected chi connectivity index (χ1v) is 14.8. The number of nitrogens with zero attached hydrogens (tertiary/aromatic N) is 1. The van der Waals surface area contributed by atoms with Crippen LogP contribution in [0.2, 0.25) is 0 Å². The number of hydrogen-bond donors (Lipinski definition) is 3. The van der Waals surface area contributed by atoms with Crippen molar-refractivity contribution in [2.45, 2.75) is 38.0 Å². The molecular weight excluding hydrogens is 534 g/mol. The second-order valence-electron chi connectivity index (χ2n) is 9.67. The van der Waals surface area contributed by atoms with E-state index in [4.69, 9.17) is 9.29 Å². The molecular formula is C29H33N3O7S. The lowest BCUT2D eigenvalue weighted by atomic mass is 10.0. The smallest absolute Gasteiger partial charge is 0.269 e. The molecule has 40 heavy (non-hydrogen) atoms. The molecule has 212 valence electrons. The SMILES string of the molecule is CCOc1ccc2ccccc2c1C(=O)NC(Cc1ccc(CS(=O)(=O)O)cc1)C(=O)NCC(=O)N1CCCC1. The van der Waals surface area contributed by atoms with E-state index in [0.717, 1.165) is 18.2 Å². The Morgan fingerprint density at radius 3 is 2.33 bits per heavy atom. The first kappa shape index (κ1) is 29.0. The third-order valence-corrected chi connectivity index (χ3v) is 7.42. The highest BCUT2D eigenvalue weighted by molar-refractivity contribution is 7.85. The van der Waals surface area contributed by atoms with E-state index in [0.29, 0.717) is 47.5 Å². The maximum atomic E-state index is 13.7. The Balaban J connectivity index is 1.58. The van der Waals surface area contributed by atoms with Gasteiger partial charge in [0.2, 0.25) is 11.8 Å². The zero-order valence-electron chi connectivity index (χ0n) is 22.3. The van der Waals surface area contributed by atoms with Crippen molar-refractivity contribution in [1.82, 2.24) is 15.5 Å². The molecule has 1 fully saturated rings. The van der Waals surface area contributed by atoms with Gasteiger partial charge in [-0.15, -0.1) is 0 Å². The van der Waals surface area contributed by atoms with Crippen LogP contribution in [-0.2, 0) is 31.9 Å². The third kappa shape index (κ3) is 7.57. The van der Waals surface area contributed by atoms with Crippen molar-refractivity contribution in [1.29, 1.82) is 0 Å². The van der Waals surface area contributed by atoms with Gasteiger partial charge in [0.05, 0.1) is 18.7 Å². The van der Waals surface area contributed by atoms with Crippen LogP contribution in [0.1, 0.15) is 41.3 Å². The van der Waals surface area contributed by atoms with Crippen molar-refractivity contribution in [2.24, 2.45) is 0 Å². The zero-order valence-corrected chi connectivity index (χ0v) is 23.1. The molecule has 0 spiro atoms. The average Bonchev–Trinajstić information content (AvgIpc) is 3.47. The van der Waals surface area contributed by atoms with Gasteiger partial charge in [0.25, 0.3) is 16.0 Å². The Labute approximate surface area is 233 Å². The Morgan fingerprint density at radius 2 is 1.65 bits per heavy atom. The summed E-state index contributed by atoms with van der Waals surface area (Å²) < 4.78 is 37.3. The number of benzene rings is 3. The number of amides is 3. The number of likely N-dealkylation sites (tertiary alicyclic amines) is 1. The number of carbonyl (C=O) groups excluding carboxylic acids is 3. The lowest BCUT2D eigenvalue weighted by molar-refractivity contribution is -0.132. The fourth-order valence-corrected chi connectivity index (χ4v) is 5.40. The maximum Gasteiger partial charge on any atom is 0.269 e. The van der Waals surface area contributed by atoms with Crippen LogP contribution < -0.4 is 15.4 Å². The lowest BCUT2D eigenvalue weighted by Gasteiger charge is -2.21. The van der Waals surface area contributed by atoms with Gasteiger partial charge >= 0.3 is 0 Å². The summed E-state index contributed by atoms with van der Waals surface area (Å²) in [6.45, 7) is 3.29. The van der Waals surface area contributed by atoms with Crippen LogP contribution in [-0.4, -0.2) is 67.9 Å². The second kappa shape index (κ2) is 12.9. The first-order valence-electron chi connectivity index (χ1n) is 13.2. The summed E-state index contributed by atoms with van der Waals surface area (Å²) in [5, 5.41) is 7.00. The molecule has 0 bridgehead atoms. The Bertz CT molecular complexity index is 1480. The highest BCUT2D eigenvalue weighted by Gasteiger charge is 2.26. The van der Waals surface area contributed by atoms with Gasteiger partial charge in [0.15, 0.2) is 0 Å². The predicted octanol–water partition coefficient (Wildman–Crippen LogP) is 2.71. The van der Waals surface area contributed by atoms with E-state index >= 15 is 0 Å². The highest BCUT2D eigenvalue weighted by atomic mass is 32.2. The molecule has 0 aliphatic carbocycles. The summed E-state index contributed by atoms with van der Waals surface area (Å²) in [7, 11) is -4.19. The van der Waals surface area contributed by atoms with Gasteiger partial charge in [-0.3, -0.25) is 18.9 Å². The number of nitrogens with one attached hydrogen (secondary N) is 2. The van der Waals surface area contributed by atoms with Gasteiger partial charge in [-0.25, -0.2) is 0 Å². The number of ether oxygens (including phenoxy) is 1. The average molecular weight is 568 g/mol. The van der Waals surface area contributed by atoms with Crippen molar-refractivity contribution in [3.63, 3.8) is 0 Å². The van der Waals surface area contributed by atoms with Gasteiger partial charge in [0, 0.05) is 19.5 Å². The van der Waals surface area contributed by atoms with E-state index < -0.39 is 33.7 Å². The molecule has 3 amide bonds.